The van der Waals surface area contributed by atoms with Gasteiger partial charge in [0.2, 0.25) is 0 Å². The Kier molecular flexibility index (Phi) is 4.24. The minimum atomic E-state index is -0.629. The first-order valence-electron chi connectivity index (χ1n) is 5.73. The van der Waals surface area contributed by atoms with Crippen LogP contribution in [0.1, 0.15) is 28.7 Å². The molecule has 18 heavy (non-hydrogen) atoms. The average molecular weight is 253 g/mol. The summed E-state index contributed by atoms with van der Waals surface area (Å²) in [5.41, 5.74) is 1.55. The topological polar surface area (TPSA) is 75.4 Å². The van der Waals surface area contributed by atoms with Gasteiger partial charge in [0, 0.05) is 19.8 Å². The first-order valence-corrected chi connectivity index (χ1v) is 5.73. The summed E-state index contributed by atoms with van der Waals surface area (Å²) in [7, 11) is 3.23. The van der Waals surface area contributed by atoms with Gasteiger partial charge in [-0.05, 0) is 20.8 Å². The van der Waals surface area contributed by atoms with Crippen molar-refractivity contribution in [3.05, 3.63) is 17.0 Å². The van der Waals surface area contributed by atoms with Crippen molar-refractivity contribution in [1.82, 2.24) is 14.7 Å². The molecular weight excluding hydrogens is 234 g/mol. The highest BCUT2D eigenvalue weighted by Crippen LogP contribution is 2.14. The predicted molar refractivity (Wildman–Crippen MR) is 66.3 cm³/mol. The van der Waals surface area contributed by atoms with Crippen LogP contribution in [0.5, 0.6) is 0 Å². The van der Waals surface area contributed by atoms with Gasteiger partial charge in [0.15, 0.2) is 0 Å². The van der Waals surface area contributed by atoms with Gasteiger partial charge >= 0.3 is 0 Å². The number of aliphatic hydroxyl groups excluding tert-OH is 1. The Hall–Kier alpha value is -1.69. The molecule has 1 heterocycles. The van der Waals surface area contributed by atoms with E-state index < -0.39 is 17.7 Å². The van der Waals surface area contributed by atoms with E-state index in [0.29, 0.717) is 17.0 Å². The van der Waals surface area contributed by atoms with Gasteiger partial charge in [-0.1, -0.05) is 0 Å². The van der Waals surface area contributed by atoms with Gasteiger partial charge in [-0.25, -0.2) is 0 Å². The van der Waals surface area contributed by atoms with Crippen LogP contribution >= 0.6 is 0 Å². The van der Waals surface area contributed by atoms with Crippen LogP contribution in [-0.2, 0) is 11.8 Å². The average Bonchev–Trinajstić information content (AvgIpc) is 2.59. The highest BCUT2D eigenvalue weighted by molar-refractivity contribution is 6.43. The molecule has 1 aromatic rings. The summed E-state index contributed by atoms with van der Waals surface area (Å²) in [5.74, 6) is -1.21. The van der Waals surface area contributed by atoms with Crippen LogP contribution in [0.25, 0.3) is 0 Å². The zero-order valence-corrected chi connectivity index (χ0v) is 11.4. The lowest BCUT2D eigenvalue weighted by Gasteiger charge is -2.22. The molecule has 1 atom stereocenters. The molecule has 1 N–H and O–H groups in total. The Labute approximate surface area is 106 Å². The second-order valence-corrected chi connectivity index (χ2v) is 4.45. The van der Waals surface area contributed by atoms with Crippen molar-refractivity contribution in [3.63, 3.8) is 0 Å². The molecule has 0 bridgehead atoms. The molecule has 0 radical (unpaired) electrons. The zero-order valence-electron chi connectivity index (χ0n) is 11.4. The third-order valence-corrected chi connectivity index (χ3v) is 3.18. The molecule has 0 saturated heterocycles. The van der Waals surface area contributed by atoms with Crippen LogP contribution in [-0.4, -0.2) is 51.2 Å². The molecule has 0 spiro atoms. The number of rotatable bonds is 4. The molecule has 1 rings (SSSR count). The molecule has 0 saturated carbocycles. The van der Waals surface area contributed by atoms with Crippen LogP contribution in [0.15, 0.2) is 0 Å². The Balaban J connectivity index is 3.04. The molecule has 100 valence electrons. The maximum absolute atomic E-state index is 12.1. The van der Waals surface area contributed by atoms with Crippen molar-refractivity contribution in [2.75, 3.05) is 13.7 Å². The fourth-order valence-electron chi connectivity index (χ4n) is 1.69. The highest BCUT2D eigenvalue weighted by Gasteiger charge is 2.28. The minimum Gasteiger partial charge on any atom is -0.394 e. The fraction of sp³-hybridized carbons (Fsp3) is 0.583. The highest BCUT2D eigenvalue weighted by atomic mass is 16.3. The number of aryl methyl sites for hydroxylation is 2. The second kappa shape index (κ2) is 5.30. The third-order valence-electron chi connectivity index (χ3n) is 3.18. The van der Waals surface area contributed by atoms with E-state index in [1.54, 1.807) is 32.5 Å². The quantitative estimate of drug-likeness (QED) is 0.608. The van der Waals surface area contributed by atoms with Crippen LogP contribution in [0, 0.1) is 13.8 Å². The molecule has 1 amide bonds. The molecule has 6 nitrogen and oxygen atoms in total. The predicted octanol–water partition coefficient (Wildman–Crippen LogP) is 0.0588. The zero-order chi connectivity index (χ0) is 14.0. The van der Waals surface area contributed by atoms with E-state index in [2.05, 4.69) is 5.10 Å². The lowest BCUT2D eigenvalue weighted by molar-refractivity contribution is -0.127. The lowest BCUT2D eigenvalue weighted by atomic mass is 10.1. The van der Waals surface area contributed by atoms with Crippen LogP contribution in [0.2, 0.25) is 0 Å². The molecule has 0 aliphatic heterocycles. The van der Waals surface area contributed by atoms with Gasteiger partial charge in [-0.3, -0.25) is 14.3 Å². The molecule has 0 fully saturated rings. The summed E-state index contributed by atoms with van der Waals surface area (Å²) in [5, 5.41) is 13.1. The summed E-state index contributed by atoms with van der Waals surface area (Å²) in [4.78, 5) is 25.4. The van der Waals surface area contributed by atoms with Gasteiger partial charge < -0.3 is 10.0 Å². The Morgan fingerprint density at radius 1 is 1.44 bits per heavy atom. The second-order valence-electron chi connectivity index (χ2n) is 4.45. The van der Waals surface area contributed by atoms with Gasteiger partial charge in [0.25, 0.3) is 11.7 Å². The number of carbonyl (C=O) groups excluding carboxylic acids is 2. The summed E-state index contributed by atoms with van der Waals surface area (Å²) >= 11 is 0. The van der Waals surface area contributed by atoms with Crippen molar-refractivity contribution in [1.29, 1.82) is 0 Å². The normalized spacial score (nSPS) is 12.3. The summed E-state index contributed by atoms with van der Waals surface area (Å²) in [6.07, 6.45) is 0. The number of Topliss-reactive ketones (excluding diaryl/α,β-unsaturated/α-hetero) is 1. The standard InChI is InChI=1S/C12H19N3O3/c1-7(6-16)14(4)12(18)11(17)10-8(2)13-15(5)9(10)3/h7,16H,6H2,1-5H3. The molecule has 1 aromatic heterocycles. The fourth-order valence-corrected chi connectivity index (χ4v) is 1.69. The molecule has 0 aliphatic carbocycles. The van der Waals surface area contributed by atoms with E-state index in [1.165, 1.54) is 11.9 Å². The SMILES string of the molecule is Cc1nn(C)c(C)c1C(=O)C(=O)N(C)C(C)CO. The van der Waals surface area contributed by atoms with Gasteiger partial charge in [0.1, 0.15) is 0 Å². The maximum atomic E-state index is 12.1. The lowest BCUT2D eigenvalue weighted by Crippen LogP contribution is -2.41. The van der Waals surface area contributed by atoms with Crippen molar-refractivity contribution in [2.24, 2.45) is 7.05 Å². The number of hydrogen-bond acceptors (Lipinski definition) is 4. The van der Waals surface area contributed by atoms with Crippen molar-refractivity contribution in [2.45, 2.75) is 26.8 Å². The van der Waals surface area contributed by atoms with Gasteiger partial charge in [-0.15, -0.1) is 0 Å². The van der Waals surface area contributed by atoms with E-state index in [0.717, 1.165) is 0 Å². The monoisotopic (exact) mass is 253 g/mol. The van der Waals surface area contributed by atoms with E-state index >= 15 is 0 Å². The maximum Gasteiger partial charge on any atom is 0.295 e. The van der Waals surface area contributed by atoms with Crippen LogP contribution < -0.4 is 0 Å². The van der Waals surface area contributed by atoms with E-state index in [9.17, 15) is 9.59 Å². The van der Waals surface area contributed by atoms with E-state index in [4.69, 9.17) is 5.11 Å². The first-order chi connectivity index (χ1) is 8.31. The number of aromatic nitrogens is 2. The number of hydrogen-bond donors (Lipinski definition) is 1. The summed E-state index contributed by atoms with van der Waals surface area (Å²) in [6, 6.07) is -0.390. The number of nitrogens with zero attached hydrogens (tertiary/aromatic N) is 3. The molecule has 1 unspecified atom stereocenters. The van der Waals surface area contributed by atoms with E-state index in [1.807, 2.05) is 0 Å². The van der Waals surface area contributed by atoms with Gasteiger partial charge in [0.05, 0.1) is 23.9 Å². The smallest absolute Gasteiger partial charge is 0.295 e. The Bertz CT molecular complexity index is 479. The van der Waals surface area contributed by atoms with Crippen molar-refractivity contribution in [3.8, 4) is 0 Å². The molecular formula is C12H19N3O3. The molecule has 0 aromatic carbocycles. The number of carbonyl (C=O) groups is 2. The van der Waals surface area contributed by atoms with Crippen molar-refractivity contribution < 1.29 is 14.7 Å². The summed E-state index contributed by atoms with van der Waals surface area (Å²) in [6.45, 7) is 4.94. The number of ketones is 1. The molecule has 0 aliphatic rings. The third kappa shape index (κ3) is 2.43. The number of aliphatic hydroxyl groups is 1. The largest absolute Gasteiger partial charge is 0.394 e. The summed E-state index contributed by atoms with van der Waals surface area (Å²) < 4.78 is 1.57. The van der Waals surface area contributed by atoms with Gasteiger partial charge in [-0.2, -0.15) is 5.10 Å². The minimum absolute atomic E-state index is 0.180. The molecule has 6 heteroatoms. The number of amides is 1. The Morgan fingerprint density at radius 2 is 2.00 bits per heavy atom. The van der Waals surface area contributed by atoms with E-state index in [-0.39, 0.29) is 6.61 Å². The first kappa shape index (κ1) is 14.4. The van der Waals surface area contributed by atoms with Crippen LogP contribution in [0.3, 0.4) is 0 Å². The van der Waals surface area contributed by atoms with Crippen molar-refractivity contribution >= 4 is 11.7 Å². The number of likely N-dealkylation sites (N-methyl/N-ethyl adjacent to an activating group) is 1. The van der Waals surface area contributed by atoms with Crippen LogP contribution in [0.4, 0.5) is 0 Å². The Morgan fingerprint density at radius 3 is 2.39 bits per heavy atom.